The van der Waals surface area contributed by atoms with Crippen molar-refractivity contribution in [1.82, 2.24) is 4.90 Å². The van der Waals surface area contributed by atoms with E-state index in [1.54, 1.807) is 0 Å². The molecule has 0 heterocycles. The molecule has 0 saturated heterocycles. The van der Waals surface area contributed by atoms with Gasteiger partial charge < -0.3 is 10.0 Å². The van der Waals surface area contributed by atoms with Crippen LogP contribution in [-0.2, 0) is 0 Å². The second-order valence-corrected chi connectivity index (χ2v) is 4.90. The highest BCUT2D eigenvalue weighted by atomic mass is 16.3. The number of hydrogen-bond donors (Lipinski definition) is 1. The van der Waals surface area contributed by atoms with Crippen LogP contribution in [0.25, 0.3) is 0 Å². The Hall–Kier alpha value is -0.600. The third-order valence-electron chi connectivity index (χ3n) is 3.91. The largest absolute Gasteiger partial charge is 0.393 e. The quantitative estimate of drug-likeness (QED) is 0.623. The molecular formula is C15H27NO. The van der Waals surface area contributed by atoms with Crippen molar-refractivity contribution in [3.05, 3.63) is 24.8 Å². The van der Waals surface area contributed by atoms with Gasteiger partial charge in [0.2, 0.25) is 0 Å². The van der Waals surface area contributed by atoms with Crippen LogP contribution in [0.3, 0.4) is 0 Å². The predicted octanol–water partition coefficient (Wildman–Crippen LogP) is 2.85. The molecule has 0 spiro atoms. The van der Waals surface area contributed by atoms with E-state index >= 15 is 0 Å². The Morgan fingerprint density at radius 3 is 2.53 bits per heavy atom. The normalized spacial score (nSPS) is 22.2. The monoisotopic (exact) mass is 237 g/mol. The summed E-state index contributed by atoms with van der Waals surface area (Å²) in [4.78, 5) is 2.37. The van der Waals surface area contributed by atoms with Gasteiger partial charge in [-0.25, -0.2) is 0 Å². The first-order valence-corrected chi connectivity index (χ1v) is 6.90. The standard InChI is InChI=1S/C15H27NO/c1-4-8-14(13-9-7-10-13)15(17)11-12-16(5-2)6-3/h4,7,9,13-15,17H,1,5-6,8,10-12H2,2-3H3. The summed E-state index contributed by atoms with van der Waals surface area (Å²) in [6, 6.07) is 0. The summed E-state index contributed by atoms with van der Waals surface area (Å²) in [7, 11) is 0. The second kappa shape index (κ2) is 7.67. The third kappa shape index (κ3) is 4.29. The van der Waals surface area contributed by atoms with E-state index in [4.69, 9.17) is 0 Å². The van der Waals surface area contributed by atoms with Crippen LogP contribution in [0, 0.1) is 11.8 Å². The maximum atomic E-state index is 10.3. The fraction of sp³-hybridized carbons (Fsp3) is 0.733. The number of nitrogens with zero attached hydrogens (tertiary/aromatic N) is 1. The average molecular weight is 237 g/mol. The van der Waals surface area contributed by atoms with Gasteiger partial charge in [-0.05, 0) is 44.2 Å². The number of rotatable bonds is 9. The van der Waals surface area contributed by atoms with Crippen molar-refractivity contribution in [2.45, 2.75) is 39.2 Å². The summed E-state index contributed by atoms with van der Waals surface area (Å²) >= 11 is 0. The van der Waals surface area contributed by atoms with Crippen LogP contribution in [-0.4, -0.2) is 35.7 Å². The first-order valence-electron chi connectivity index (χ1n) is 6.90. The molecule has 98 valence electrons. The molecule has 0 aromatic rings. The zero-order valence-corrected chi connectivity index (χ0v) is 11.3. The van der Waals surface area contributed by atoms with Crippen molar-refractivity contribution < 1.29 is 5.11 Å². The van der Waals surface area contributed by atoms with Gasteiger partial charge in [-0.2, -0.15) is 0 Å². The van der Waals surface area contributed by atoms with Crippen molar-refractivity contribution in [1.29, 1.82) is 0 Å². The van der Waals surface area contributed by atoms with E-state index in [9.17, 15) is 5.11 Å². The van der Waals surface area contributed by atoms with E-state index in [-0.39, 0.29) is 6.10 Å². The average Bonchev–Trinajstić information content (AvgIpc) is 2.27. The predicted molar refractivity (Wildman–Crippen MR) is 74.0 cm³/mol. The zero-order valence-electron chi connectivity index (χ0n) is 11.3. The Labute approximate surface area is 106 Å². The molecule has 0 radical (unpaired) electrons. The first kappa shape index (κ1) is 14.5. The highest BCUT2D eigenvalue weighted by Crippen LogP contribution is 2.32. The highest BCUT2D eigenvalue weighted by Gasteiger charge is 2.27. The number of hydrogen-bond acceptors (Lipinski definition) is 2. The van der Waals surface area contributed by atoms with Crippen LogP contribution < -0.4 is 0 Å². The van der Waals surface area contributed by atoms with Crippen LogP contribution in [0.2, 0.25) is 0 Å². The van der Waals surface area contributed by atoms with Gasteiger partial charge >= 0.3 is 0 Å². The molecule has 3 atom stereocenters. The maximum Gasteiger partial charge on any atom is 0.0589 e. The number of aliphatic hydroxyl groups is 1. The molecule has 17 heavy (non-hydrogen) atoms. The molecule has 1 rings (SSSR count). The van der Waals surface area contributed by atoms with Crippen molar-refractivity contribution in [3.63, 3.8) is 0 Å². The molecule has 0 amide bonds. The fourth-order valence-corrected chi connectivity index (χ4v) is 2.49. The van der Waals surface area contributed by atoms with Gasteiger partial charge in [0, 0.05) is 6.54 Å². The van der Waals surface area contributed by atoms with E-state index in [1.165, 1.54) is 0 Å². The topological polar surface area (TPSA) is 23.5 Å². The fourth-order valence-electron chi connectivity index (χ4n) is 2.49. The van der Waals surface area contributed by atoms with E-state index in [1.807, 2.05) is 6.08 Å². The van der Waals surface area contributed by atoms with Crippen LogP contribution in [0.5, 0.6) is 0 Å². The summed E-state index contributed by atoms with van der Waals surface area (Å²) in [5, 5.41) is 10.3. The Morgan fingerprint density at radius 1 is 1.47 bits per heavy atom. The van der Waals surface area contributed by atoms with Crippen LogP contribution in [0.1, 0.15) is 33.1 Å². The van der Waals surface area contributed by atoms with Gasteiger partial charge in [0.1, 0.15) is 0 Å². The van der Waals surface area contributed by atoms with Gasteiger partial charge in [0.25, 0.3) is 0 Å². The minimum atomic E-state index is -0.191. The molecule has 1 aliphatic rings. The van der Waals surface area contributed by atoms with Gasteiger partial charge in [-0.3, -0.25) is 0 Å². The third-order valence-corrected chi connectivity index (χ3v) is 3.91. The minimum Gasteiger partial charge on any atom is -0.393 e. The minimum absolute atomic E-state index is 0.191. The molecule has 0 fully saturated rings. The lowest BCUT2D eigenvalue weighted by Crippen LogP contribution is -2.33. The summed E-state index contributed by atoms with van der Waals surface area (Å²) in [5.41, 5.74) is 0. The summed E-state index contributed by atoms with van der Waals surface area (Å²) in [6.07, 6.45) is 9.10. The van der Waals surface area contributed by atoms with Crippen molar-refractivity contribution >= 4 is 0 Å². The van der Waals surface area contributed by atoms with E-state index in [0.29, 0.717) is 11.8 Å². The molecule has 0 bridgehead atoms. The molecule has 0 aromatic heterocycles. The van der Waals surface area contributed by atoms with Gasteiger partial charge in [0.15, 0.2) is 0 Å². The highest BCUT2D eigenvalue weighted by molar-refractivity contribution is 5.06. The van der Waals surface area contributed by atoms with Crippen molar-refractivity contribution in [3.8, 4) is 0 Å². The number of allylic oxidation sites excluding steroid dienone is 3. The van der Waals surface area contributed by atoms with Crippen LogP contribution in [0.4, 0.5) is 0 Å². The molecule has 2 nitrogen and oxygen atoms in total. The summed E-state index contributed by atoms with van der Waals surface area (Å²) in [6.45, 7) is 11.3. The van der Waals surface area contributed by atoms with Gasteiger partial charge in [0.05, 0.1) is 6.10 Å². The molecule has 0 aliphatic heterocycles. The lowest BCUT2D eigenvalue weighted by atomic mass is 9.77. The molecule has 3 unspecified atom stereocenters. The molecular weight excluding hydrogens is 210 g/mol. The Balaban J connectivity index is 2.38. The van der Waals surface area contributed by atoms with Gasteiger partial charge in [-0.15, -0.1) is 6.58 Å². The Bertz CT molecular complexity index is 245. The molecule has 2 heteroatoms. The smallest absolute Gasteiger partial charge is 0.0589 e. The van der Waals surface area contributed by atoms with Crippen molar-refractivity contribution in [2.24, 2.45) is 11.8 Å². The first-order chi connectivity index (χ1) is 8.22. The molecule has 0 saturated carbocycles. The lowest BCUT2D eigenvalue weighted by Gasteiger charge is -2.32. The Kier molecular flexibility index (Phi) is 6.53. The van der Waals surface area contributed by atoms with Crippen molar-refractivity contribution in [2.75, 3.05) is 19.6 Å². The lowest BCUT2D eigenvalue weighted by molar-refractivity contribution is 0.0644. The zero-order chi connectivity index (χ0) is 12.7. The number of aliphatic hydroxyl groups excluding tert-OH is 1. The molecule has 1 aliphatic carbocycles. The van der Waals surface area contributed by atoms with Gasteiger partial charge in [-0.1, -0.05) is 32.1 Å². The summed E-state index contributed by atoms with van der Waals surface area (Å²) in [5.74, 6) is 0.938. The van der Waals surface area contributed by atoms with Crippen LogP contribution in [0.15, 0.2) is 24.8 Å². The SMILES string of the molecule is C=CCC(C(O)CCN(CC)CC)C1C=CC1. The second-order valence-electron chi connectivity index (χ2n) is 4.90. The summed E-state index contributed by atoms with van der Waals surface area (Å²) < 4.78 is 0. The van der Waals surface area contributed by atoms with E-state index in [2.05, 4.69) is 37.5 Å². The molecule has 1 N–H and O–H groups in total. The maximum absolute atomic E-state index is 10.3. The van der Waals surface area contributed by atoms with Crippen LogP contribution >= 0.6 is 0 Å². The van der Waals surface area contributed by atoms with E-state index in [0.717, 1.165) is 38.9 Å². The molecule has 0 aromatic carbocycles. The Morgan fingerprint density at radius 2 is 2.12 bits per heavy atom. The van der Waals surface area contributed by atoms with E-state index < -0.39 is 0 Å².